The Morgan fingerprint density at radius 3 is 2.62 bits per heavy atom. The van der Waals surface area contributed by atoms with Gasteiger partial charge in [0.15, 0.2) is 5.82 Å². The molecule has 1 heterocycles. The Balaban J connectivity index is 2.23. The fourth-order valence-corrected chi connectivity index (χ4v) is 3.70. The summed E-state index contributed by atoms with van der Waals surface area (Å²) in [5.74, 6) is -2.23. The lowest BCUT2D eigenvalue weighted by atomic mass is 10.3. The maximum Gasteiger partial charge on any atom is 0.245 e. The van der Waals surface area contributed by atoms with Crippen molar-refractivity contribution < 1.29 is 17.2 Å². The van der Waals surface area contributed by atoms with Gasteiger partial charge >= 0.3 is 0 Å². The molecule has 1 aromatic carbocycles. The first kappa shape index (κ1) is 15.9. The lowest BCUT2D eigenvalue weighted by Crippen LogP contribution is -2.29. The molecule has 0 bridgehead atoms. The van der Waals surface area contributed by atoms with Crippen LogP contribution in [0.5, 0.6) is 0 Å². The molecule has 0 spiro atoms. The summed E-state index contributed by atoms with van der Waals surface area (Å²) in [6.07, 6.45) is 0.520. The zero-order valence-electron chi connectivity index (χ0n) is 11.2. The van der Waals surface area contributed by atoms with Gasteiger partial charge < -0.3 is 5.73 Å². The molecule has 0 radical (unpaired) electrons. The van der Waals surface area contributed by atoms with Crippen LogP contribution in [0.15, 0.2) is 34.5 Å². The predicted octanol–water partition coefficient (Wildman–Crippen LogP) is 2.47. The molecule has 2 N–H and O–H groups in total. The average Bonchev–Trinajstić information content (AvgIpc) is 2.95. The van der Waals surface area contributed by atoms with E-state index in [0.29, 0.717) is 6.42 Å². The Labute approximate surface area is 125 Å². The largest absolute Gasteiger partial charge is 0.394 e. The number of hydrogen-bond donors (Lipinski definition) is 1. The molecular formula is C13H14F2N2O2S2. The summed E-state index contributed by atoms with van der Waals surface area (Å²) >= 11 is 1.51. The van der Waals surface area contributed by atoms with Gasteiger partial charge in [-0.3, -0.25) is 0 Å². The monoisotopic (exact) mass is 332 g/mol. The maximum absolute atomic E-state index is 13.9. The van der Waals surface area contributed by atoms with Crippen molar-refractivity contribution in [3.63, 3.8) is 0 Å². The molecule has 1 aromatic heterocycles. The highest BCUT2D eigenvalue weighted by Crippen LogP contribution is 2.25. The normalized spacial score (nSPS) is 12.0. The second-order valence-corrected chi connectivity index (χ2v) is 7.47. The van der Waals surface area contributed by atoms with E-state index in [9.17, 15) is 17.2 Å². The standard InChI is InChI=1S/C13H14F2N2O2S2/c1-17(7-6-9-3-2-8-20-9)21(18,19)11-5-4-10(14)13(16)12(11)15/h2-5,8H,6-7,16H2,1H3. The number of anilines is 1. The molecule has 0 aliphatic carbocycles. The molecule has 0 amide bonds. The third-order valence-corrected chi connectivity index (χ3v) is 5.84. The van der Waals surface area contributed by atoms with Crippen LogP contribution >= 0.6 is 11.3 Å². The van der Waals surface area contributed by atoms with Crippen molar-refractivity contribution in [2.75, 3.05) is 19.3 Å². The molecule has 21 heavy (non-hydrogen) atoms. The van der Waals surface area contributed by atoms with Crippen molar-refractivity contribution in [3.8, 4) is 0 Å². The minimum absolute atomic E-state index is 0.194. The Morgan fingerprint density at radius 1 is 1.29 bits per heavy atom. The number of halogens is 2. The molecule has 114 valence electrons. The molecular weight excluding hydrogens is 318 g/mol. The highest BCUT2D eigenvalue weighted by molar-refractivity contribution is 7.89. The van der Waals surface area contributed by atoms with Crippen molar-refractivity contribution in [2.45, 2.75) is 11.3 Å². The average molecular weight is 332 g/mol. The van der Waals surface area contributed by atoms with Crippen molar-refractivity contribution in [3.05, 3.63) is 46.2 Å². The first-order valence-corrected chi connectivity index (χ1v) is 8.38. The van der Waals surface area contributed by atoms with E-state index in [2.05, 4.69) is 0 Å². The fraction of sp³-hybridized carbons (Fsp3) is 0.231. The van der Waals surface area contributed by atoms with Gasteiger partial charge in [0.25, 0.3) is 0 Å². The minimum atomic E-state index is -4.05. The van der Waals surface area contributed by atoms with E-state index in [0.717, 1.165) is 21.3 Å². The van der Waals surface area contributed by atoms with Gasteiger partial charge in [-0.25, -0.2) is 21.5 Å². The predicted molar refractivity (Wildman–Crippen MR) is 78.6 cm³/mol. The van der Waals surface area contributed by atoms with Crippen LogP contribution in [0.3, 0.4) is 0 Å². The molecule has 0 atom stereocenters. The highest BCUT2D eigenvalue weighted by atomic mass is 32.2. The summed E-state index contributed by atoms with van der Waals surface area (Å²) in [7, 11) is -2.70. The first-order valence-electron chi connectivity index (χ1n) is 6.06. The summed E-state index contributed by atoms with van der Waals surface area (Å²) in [5, 5.41) is 1.89. The summed E-state index contributed by atoms with van der Waals surface area (Å²) < 4.78 is 52.6. The summed E-state index contributed by atoms with van der Waals surface area (Å²) in [5.41, 5.74) is 4.41. The lowest BCUT2D eigenvalue weighted by molar-refractivity contribution is 0.465. The van der Waals surface area contributed by atoms with Gasteiger partial charge in [-0.2, -0.15) is 0 Å². The number of rotatable bonds is 5. The van der Waals surface area contributed by atoms with Crippen LogP contribution in [-0.2, 0) is 16.4 Å². The molecule has 4 nitrogen and oxygen atoms in total. The van der Waals surface area contributed by atoms with E-state index in [4.69, 9.17) is 5.73 Å². The minimum Gasteiger partial charge on any atom is -0.394 e. The number of nitrogens with two attached hydrogens (primary N) is 1. The van der Waals surface area contributed by atoms with Crippen molar-refractivity contribution in [1.82, 2.24) is 4.31 Å². The van der Waals surface area contributed by atoms with E-state index < -0.39 is 32.2 Å². The zero-order chi connectivity index (χ0) is 15.6. The number of nitrogen functional groups attached to an aromatic ring is 1. The fourth-order valence-electron chi connectivity index (χ4n) is 1.76. The van der Waals surface area contributed by atoms with Gasteiger partial charge in [0.05, 0.1) is 0 Å². The first-order chi connectivity index (χ1) is 9.84. The van der Waals surface area contributed by atoms with E-state index >= 15 is 0 Å². The Morgan fingerprint density at radius 2 is 2.00 bits per heavy atom. The Bertz CT molecular complexity index is 731. The second-order valence-electron chi connectivity index (χ2n) is 4.43. The maximum atomic E-state index is 13.9. The summed E-state index contributed by atoms with van der Waals surface area (Å²) in [4.78, 5) is 0.409. The molecule has 0 aliphatic rings. The van der Waals surface area contributed by atoms with Crippen LogP contribution in [0.2, 0.25) is 0 Å². The Hall–Kier alpha value is -1.51. The van der Waals surface area contributed by atoms with E-state index in [-0.39, 0.29) is 6.54 Å². The molecule has 2 rings (SSSR count). The van der Waals surface area contributed by atoms with Gasteiger partial charge in [-0.05, 0) is 30.0 Å². The SMILES string of the molecule is CN(CCc1cccs1)S(=O)(=O)c1ccc(F)c(N)c1F. The van der Waals surface area contributed by atoms with E-state index in [1.54, 1.807) is 0 Å². The van der Waals surface area contributed by atoms with Gasteiger partial charge in [-0.15, -0.1) is 11.3 Å². The number of likely N-dealkylation sites (N-methyl/N-ethyl adjacent to an activating group) is 1. The number of nitrogens with zero attached hydrogens (tertiary/aromatic N) is 1. The van der Waals surface area contributed by atoms with Crippen LogP contribution < -0.4 is 5.73 Å². The molecule has 0 fully saturated rings. The van der Waals surface area contributed by atoms with E-state index in [1.165, 1.54) is 18.4 Å². The number of hydrogen-bond acceptors (Lipinski definition) is 4. The van der Waals surface area contributed by atoms with Gasteiger partial charge in [-0.1, -0.05) is 6.07 Å². The molecule has 0 unspecified atom stereocenters. The van der Waals surface area contributed by atoms with Gasteiger partial charge in [0, 0.05) is 18.5 Å². The van der Waals surface area contributed by atoms with E-state index in [1.807, 2.05) is 17.5 Å². The molecule has 0 aliphatic heterocycles. The number of sulfonamides is 1. The molecule has 0 saturated carbocycles. The second kappa shape index (κ2) is 6.08. The molecule has 0 saturated heterocycles. The van der Waals surface area contributed by atoms with Crippen molar-refractivity contribution in [1.29, 1.82) is 0 Å². The van der Waals surface area contributed by atoms with Crippen LogP contribution in [0.1, 0.15) is 4.88 Å². The third-order valence-electron chi connectivity index (χ3n) is 3.03. The molecule has 8 heteroatoms. The van der Waals surface area contributed by atoms with Gasteiger partial charge in [0.2, 0.25) is 10.0 Å². The van der Waals surface area contributed by atoms with Crippen LogP contribution in [0, 0.1) is 11.6 Å². The third kappa shape index (κ3) is 3.22. The smallest absolute Gasteiger partial charge is 0.245 e. The Kier molecular flexibility index (Phi) is 4.60. The summed E-state index contributed by atoms with van der Waals surface area (Å²) in [6, 6.07) is 5.49. The molecule has 2 aromatic rings. The van der Waals surface area contributed by atoms with Crippen molar-refractivity contribution in [2.24, 2.45) is 0 Å². The zero-order valence-corrected chi connectivity index (χ0v) is 12.8. The van der Waals surface area contributed by atoms with Gasteiger partial charge in [0.1, 0.15) is 16.4 Å². The highest BCUT2D eigenvalue weighted by Gasteiger charge is 2.26. The topological polar surface area (TPSA) is 63.4 Å². The summed E-state index contributed by atoms with van der Waals surface area (Å²) in [6.45, 7) is 0.194. The quantitative estimate of drug-likeness (QED) is 0.856. The van der Waals surface area contributed by atoms with Crippen molar-refractivity contribution >= 4 is 27.0 Å². The number of thiophene rings is 1. The van der Waals surface area contributed by atoms with Crippen LogP contribution in [0.4, 0.5) is 14.5 Å². The van der Waals surface area contributed by atoms with Crippen LogP contribution in [0.25, 0.3) is 0 Å². The van der Waals surface area contributed by atoms with Crippen LogP contribution in [-0.4, -0.2) is 26.3 Å². The lowest BCUT2D eigenvalue weighted by Gasteiger charge is -2.17. The number of benzene rings is 1.